The average molecular weight is 297 g/mol. The summed E-state index contributed by atoms with van der Waals surface area (Å²) in [6.45, 7) is 0. The first-order valence-electron chi connectivity index (χ1n) is 5.48. The third kappa shape index (κ3) is 3.19. The quantitative estimate of drug-likeness (QED) is 0.920. The van der Waals surface area contributed by atoms with Gasteiger partial charge in [-0.25, -0.2) is 4.79 Å². The summed E-state index contributed by atoms with van der Waals surface area (Å²) in [5.41, 5.74) is 0.533. The molecule has 0 radical (unpaired) electrons. The SMILES string of the molecule is O=C(O)[C@H](Oc1cccc(Cl)c1Cl)c1ccccc1. The zero-order valence-corrected chi connectivity index (χ0v) is 11.2. The summed E-state index contributed by atoms with van der Waals surface area (Å²) in [7, 11) is 0. The van der Waals surface area contributed by atoms with E-state index in [1.807, 2.05) is 0 Å². The lowest BCUT2D eigenvalue weighted by atomic mass is 10.1. The molecule has 98 valence electrons. The molecular weight excluding hydrogens is 287 g/mol. The molecule has 0 fully saturated rings. The molecule has 0 aromatic heterocycles. The van der Waals surface area contributed by atoms with Crippen LogP contribution in [0.25, 0.3) is 0 Å². The van der Waals surface area contributed by atoms with Gasteiger partial charge in [-0.3, -0.25) is 0 Å². The molecule has 0 spiro atoms. The first-order valence-corrected chi connectivity index (χ1v) is 6.23. The third-order valence-electron chi connectivity index (χ3n) is 2.49. The van der Waals surface area contributed by atoms with Gasteiger partial charge in [0.2, 0.25) is 6.10 Å². The van der Waals surface area contributed by atoms with E-state index < -0.39 is 12.1 Å². The predicted octanol–water partition coefficient (Wildman–Crippen LogP) is 4.20. The minimum Gasteiger partial charge on any atom is -0.478 e. The zero-order chi connectivity index (χ0) is 13.8. The normalized spacial score (nSPS) is 11.9. The lowest BCUT2D eigenvalue weighted by molar-refractivity contribution is -0.145. The number of carbonyl (C=O) groups is 1. The molecule has 0 saturated heterocycles. The van der Waals surface area contributed by atoms with Gasteiger partial charge in [-0.05, 0) is 12.1 Å². The van der Waals surface area contributed by atoms with Crippen LogP contribution in [0.5, 0.6) is 5.75 Å². The van der Waals surface area contributed by atoms with Crippen molar-refractivity contribution in [2.45, 2.75) is 6.10 Å². The molecule has 1 N–H and O–H groups in total. The lowest BCUT2D eigenvalue weighted by Crippen LogP contribution is -2.18. The van der Waals surface area contributed by atoms with Crippen molar-refractivity contribution in [3.05, 3.63) is 64.1 Å². The zero-order valence-electron chi connectivity index (χ0n) is 9.72. The molecule has 0 heterocycles. The minimum atomic E-state index is -1.13. The van der Waals surface area contributed by atoms with Crippen LogP contribution in [0.3, 0.4) is 0 Å². The molecule has 19 heavy (non-hydrogen) atoms. The van der Waals surface area contributed by atoms with Gasteiger partial charge in [0.05, 0.1) is 5.02 Å². The first kappa shape index (κ1) is 13.7. The highest BCUT2D eigenvalue weighted by atomic mass is 35.5. The standard InChI is InChI=1S/C14H10Cl2O3/c15-10-7-4-8-11(12(10)16)19-13(14(17)18)9-5-2-1-3-6-9/h1-8,13H,(H,17,18)/t13-/m1/s1. The molecule has 1 atom stereocenters. The molecule has 5 heteroatoms. The Bertz CT molecular complexity index is 584. The second kappa shape index (κ2) is 5.95. The molecule has 3 nitrogen and oxygen atoms in total. The number of halogens is 2. The molecule has 0 saturated carbocycles. The Balaban J connectivity index is 2.32. The molecule has 2 aromatic carbocycles. The summed E-state index contributed by atoms with van der Waals surface area (Å²) in [6, 6.07) is 13.5. The molecule has 0 aliphatic heterocycles. The van der Waals surface area contributed by atoms with Crippen molar-refractivity contribution in [1.29, 1.82) is 0 Å². The maximum absolute atomic E-state index is 11.3. The van der Waals surface area contributed by atoms with Crippen molar-refractivity contribution in [2.75, 3.05) is 0 Å². The van der Waals surface area contributed by atoms with E-state index in [1.54, 1.807) is 48.5 Å². The predicted molar refractivity (Wildman–Crippen MR) is 73.9 cm³/mol. The maximum atomic E-state index is 11.3. The number of rotatable bonds is 4. The van der Waals surface area contributed by atoms with Crippen molar-refractivity contribution >= 4 is 29.2 Å². The Morgan fingerprint density at radius 2 is 1.74 bits per heavy atom. The van der Waals surface area contributed by atoms with Crippen molar-refractivity contribution in [1.82, 2.24) is 0 Å². The van der Waals surface area contributed by atoms with Crippen molar-refractivity contribution in [3.8, 4) is 5.75 Å². The Morgan fingerprint density at radius 1 is 1.05 bits per heavy atom. The maximum Gasteiger partial charge on any atom is 0.349 e. The number of benzene rings is 2. The van der Waals surface area contributed by atoms with Crippen LogP contribution in [-0.2, 0) is 4.79 Å². The fourth-order valence-electron chi connectivity index (χ4n) is 1.59. The van der Waals surface area contributed by atoms with Crippen LogP contribution in [0.1, 0.15) is 11.7 Å². The van der Waals surface area contributed by atoms with Gasteiger partial charge in [-0.1, -0.05) is 59.6 Å². The summed E-state index contributed by atoms with van der Waals surface area (Å²) >= 11 is 11.8. The molecule has 2 rings (SSSR count). The molecule has 0 aliphatic carbocycles. The van der Waals surface area contributed by atoms with Crippen LogP contribution in [0.15, 0.2) is 48.5 Å². The minimum absolute atomic E-state index is 0.200. The topological polar surface area (TPSA) is 46.5 Å². The number of hydrogen-bond acceptors (Lipinski definition) is 2. The summed E-state index contributed by atoms with van der Waals surface area (Å²) < 4.78 is 5.46. The van der Waals surface area contributed by atoms with E-state index in [-0.39, 0.29) is 10.8 Å². The van der Waals surface area contributed by atoms with Gasteiger partial charge < -0.3 is 9.84 Å². The summed E-state index contributed by atoms with van der Waals surface area (Å²) in [5, 5.41) is 9.76. The smallest absolute Gasteiger partial charge is 0.349 e. The summed E-state index contributed by atoms with van der Waals surface area (Å²) in [4.78, 5) is 11.3. The van der Waals surface area contributed by atoms with Gasteiger partial charge in [0, 0.05) is 5.56 Å². The van der Waals surface area contributed by atoms with Crippen LogP contribution in [0, 0.1) is 0 Å². The largest absolute Gasteiger partial charge is 0.478 e. The Kier molecular flexibility index (Phi) is 4.30. The van der Waals surface area contributed by atoms with Crippen molar-refractivity contribution in [2.24, 2.45) is 0 Å². The van der Waals surface area contributed by atoms with E-state index in [4.69, 9.17) is 27.9 Å². The fourth-order valence-corrected chi connectivity index (χ4v) is 1.93. The van der Waals surface area contributed by atoms with Crippen LogP contribution in [-0.4, -0.2) is 11.1 Å². The van der Waals surface area contributed by atoms with E-state index in [1.165, 1.54) is 0 Å². The van der Waals surface area contributed by atoms with Gasteiger partial charge in [0.15, 0.2) is 0 Å². The van der Waals surface area contributed by atoms with Crippen LogP contribution in [0.4, 0.5) is 0 Å². The molecule has 0 aliphatic rings. The number of aliphatic carboxylic acids is 1. The molecular formula is C14H10Cl2O3. The average Bonchev–Trinajstić information content (AvgIpc) is 2.41. The highest BCUT2D eigenvalue weighted by Crippen LogP contribution is 2.34. The van der Waals surface area contributed by atoms with Gasteiger partial charge in [-0.15, -0.1) is 0 Å². The van der Waals surface area contributed by atoms with Crippen LogP contribution in [0.2, 0.25) is 10.0 Å². The first-order chi connectivity index (χ1) is 9.09. The highest BCUT2D eigenvalue weighted by molar-refractivity contribution is 6.42. The van der Waals surface area contributed by atoms with Crippen molar-refractivity contribution in [3.63, 3.8) is 0 Å². The number of ether oxygens (including phenoxy) is 1. The number of carboxylic acids is 1. The summed E-state index contributed by atoms with van der Waals surface area (Å²) in [6.07, 6.45) is -1.13. The van der Waals surface area contributed by atoms with E-state index in [0.29, 0.717) is 10.6 Å². The lowest BCUT2D eigenvalue weighted by Gasteiger charge is -2.16. The Hall–Kier alpha value is -1.71. The second-order valence-electron chi connectivity index (χ2n) is 3.80. The van der Waals surface area contributed by atoms with Crippen LogP contribution >= 0.6 is 23.2 Å². The van der Waals surface area contributed by atoms with Gasteiger partial charge in [0.1, 0.15) is 10.8 Å². The number of carboxylic acid groups (broad SMARTS) is 1. The third-order valence-corrected chi connectivity index (χ3v) is 3.29. The monoisotopic (exact) mass is 296 g/mol. The van der Waals surface area contributed by atoms with Gasteiger partial charge in [0.25, 0.3) is 0 Å². The molecule has 2 aromatic rings. The molecule has 0 unspecified atom stereocenters. The molecule has 0 bridgehead atoms. The van der Waals surface area contributed by atoms with E-state index in [2.05, 4.69) is 0 Å². The van der Waals surface area contributed by atoms with Gasteiger partial charge in [-0.2, -0.15) is 0 Å². The Labute approximate surface area is 120 Å². The Morgan fingerprint density at radius 3 is 2.37 bits per heavy atom. The van der Waals surface area contributed by atoms with E-state index in [0.717, 1.165) is 0 Å². The van der Waals surface area contributed by atoms with E-state index in [9.17, 15) is 9.90 Å². The van der Waals surface area contributed by atoms with Crippen LogP contribution < -0.4 is 4.74 Å². The second-order valence-corrected chi connectivity index (χ2v) is 4.58. The summed E-state index contributed by atoms with van der Waals surface area (Å²) in [5.74, 6) is -0.854. The van der Waals surface area contributed by atoms with E-state index >= 15 is 0 Å². The molecule has 0 amide bonds. The van der Waals surface area contributed by atoms with Gasteiger partial charge >= 0.3 is 5.97 Å². The van der Waals surface area contributed by atoms with Crippen molar-refractivity contribution < 1.29 is 14.6 Å². The highest BCUT2D eigenvalue weighted by Gasteiger charge is 2.23. The fraction of sp³-hybridized carbons (Fsp3) is 0.0714. The number of hydrogen-bond donors (Lipinski definition) is 1.